The van der Waals surface area contributed by atoms with Gasteiger partial charge in [0.25, 0.3) is 0 Å². The lowest BCUT2D eigenvalue weighted by atomic mass is 9.96. The van der Waals surface area contributed by atoms with E-state index >= 15 is 0 Å². The van der Waals surface area contributed by atoms with Crippen LogP contribution in [-0.4, -0.2) is 31.0 Å². The Balaban J connectivity index is 1.93. The van der Waals surface area contributed by atoms with Gasteiger partial charge in [0.1, 0.15) is 0 Å². The van der Waals surface area contributed by atoms with E-state index in [4.69, 9.17) is 4.99 Å². The molecule has 130 valence electrons. The molecule has 2 aliphatic carbocycles. The number of allylic oxidation sites excluding steroid dienone is 4. The van der Waals surface area contributed by atoms with Crippen molar-refractivity contribution >= 4 is 63.0 Å². The van der Waals surface area contributed by atoms with E-state index in [2.05, 4.69) is 74.1 Å². The van der Waals surface area contributed by atoms with Gasteiger partial charge in [-0.1, -0.05) is 41.3 Å². The molecule has 0 radical (unpaired) electrons. The number of aromatic nitrogens is 2. The van der Waals surface area contributed by atoms with Gasteiger partial charge in [0.05, 0.1) is 27.6 Å². The van der Waals surface area contributed by atoms with Crippen LogP contribution in [0, 0.1) is 0 Å². The molecular weight excluding hydrogens is 540 g/mol. The van der Waals surface area contributed by atoms with Crippen LogP contribution in [0.1, 0.15) is 30.5 Å². The Bertz CT molecular complexity index is 814. The van der Waals surface area contributed by atoms with Crippen LogP contribution >= 0.6 is 45.2 Å². The second kappa shape index (κ2) is 8.59. The fourth-order valence-corrected chi connectivity index (χ4v) is 5.05. The van der Waals surface area contributed by atoms with Gasteiger partial charge in [0.15, 0.2) is 0 Å². The van der Waals surface area contributed by atoms with Gasteiger partial charge < -0.3 is 5.11 Å². The molecule has 3 rings (SSSR count). The maximum atomic E-state index is 10.2. The highest BCUT2D eigenvalue weighted by atomic mass is 127. The molecule has 4 nitrogen and oxygen atoms in total. The predicted octanol–water partition coefficient (Wildman–Crippen LogP) is 5.00. The highest BCUT2D eigenvalue weighted by Gasteiger charge is 2.25. The summed E-state index contributed by atoms with van der Waals surface area (Å²) in [5, 5.41) is 17.1. The van der Waals surface area contributed by atoms with Crippen LogP contribution in [0.3, 0.4) is 0 Å². The molecule has 25 heavy (non-hydrogen) atoms. The average molecular weight is 559 g/mol. The van der Waals surface area contributed by atoms with Gasteiger partial charge in [0.2, 0.25) is 0 Å². The minimum absolute atomic E-state index is 0.0573. The van der Waals surface area contributed by atoms with Gasteiger partial charge >= 0.3 is 0 Å². The third-order valence-electron chi connectivity index (χ3n) is 4.20. The number of nitrogens with zero attached hydrogens (tertiary/aromatic N) is 2. The van der Waals surface area contributed by atoms with Gasteiger partial charge in [0, 0.05) is 15.3 Å². The minimum atomic E-state index is -0.430. The second-order valence-electron chi connectivity index (χ2n) is 5.90. The Morgan fingerprint density at radius 2 is 2.32 bits per heavy atom. The van der Waals surface area contributed by atoms with E-state index in [1.54, 1.807) is 12.3 Å². The van der Waals surface area contributed by atoms with Crippen LogP contribution in [0.5, 0.6) is 0 Å². The van der Waals surface area contributed by atoms with Crippen LogP contribution in [0.2, 0.25) is 0 Å². The number of hydrogen-bond donors (Lipinski definition) is 2. The smallest absolute Gasteiger partial charge is 0.0999 e. The van der Waals surface area contributed by atoms with Crippen molar-refractivity contribution < 1.29 is 5.11 Å². The van der Waals surface area contributed by atoms with Crippen molar-refractivity contribution in [2.24, 2.45) is 4.99 Å². The number of aliphatic hydroxyl groups excluding tert-OH is 1. The molecule has 2 atom stereocenters. The normalized spacial score (nSPS) is 24.3. The molecule has 0 bridgehead atoms. The van der Waals surface area contributed by atoms with E-state index in [1.165, 1.54) is 12.0 Å². The monoisotopic (exact) mass is 559 g/mol. The third-order valence-corrected chi connectivity index (χ3v) is 6.19. The van der Waals surface area contributed by atoms with E-state index in [0.29, 0.717) is 0 Å². The summed E-state index contributed by atoms with van der Waals surface area (Å²) in [6, 6.07) is 0. The minimum Gasteiger partial charge on any atom is -0.387 e. The Morgan fingerprint density at radius 3 is 3.00 bits per heavy atom. The molecule has 0 saturated carbocycles. The molecule has 1 heterocycles. The first-order valence-corrected chi connectivity index (χ1v) is 10.4. The Hall–Kier alpha value is -1.000. The summed E-state index contributed by atoms with van der Waals surface area (Å²) in [4.78, 5) is 4.76. The summed E-state index contributed by atoms with van der Waals surface area (Å²) in [5.41, 5.74) is 5.22. The number of hydrogen-bond acceptors (Lipinski definition) is 3. The molecule has 0 spiro atoms. The molecule has 2 N–H and O–H groups in total. The van der Waals surface area contributed by atoms with E-state index in [9.17, 15) is 5.11 Å². The van der Waals surface area contributed by atoms with Crippen molar-refractivity contribution in [3.05, 3.63) is 63.2 Å². The summed E-state index contributed by atoms with van der Waals surface area (Å²) < 4.78 is 1.01. The highest BCUT2D eigenvalue weighted by molar-refractivity contribution is 14.1. The zero-order valence-corrected chi connectivity index (χ0v) is 17.9. The predicted molar refractivity (Wildman–Crippen MR) is 121 cm³/mol. The molecule has 1 aromatic rings. The number of aliphatic hydroxyl groups is 1. The first-order chi connectivity index (χ1) is 12.1. The van der Waals surface area contributed by atoms with Crippen molar-refractivity contribution in [1.29, 1.82) is 0 Å². The number of aromatic amines is 1. The number of alkyl halides is 1. The topological polar surface area (TPSA) is 61.3 Å². The standard InChI is InChI=1S/C19H19I2N3O/c1-2-17-13(11-23-24-17)7-8-22-18(12-5-3-4-6-12)14-9-15(20)19(25)16(21)10-14/h2,5,7-11,15,19,25H,1,3-4,6H2,(H,23,24)/b8-7+,22-18?. The highest BCUT2D eigenvalue weighted by Crippen LogP contribution is 2.32. The summed E-state index contributed by atoms with van der Waals surface area (Å²) >= 11 is 4.49. The molecule has 0 aromatic carbocycles. The second-order valence-corrected chi connectivity index (χ2v) is 8.58. The molecule has 0 saturated heterocycles. The van der Waals surface area contributed by atoms with E-state index in [1.807, 2.05) is 18.4 Å². The number of aliphatic imine (C=N–C) groups is 1. The number of nitrogens with one attached hydrogen (secondary N) is 1. The van der Waals surface area contributed by atoms with E-state index in [-0.39, 0.29) is 3.92 Å². The van der Waals surface area contributed by atoms with E-state index < -0.39 is 6.10 Å². The van der Waals surface area contributed by atoms with Gasteiger partial charge in [-0.25, -0.2) is 0 Å². The number of halogens is 2. The van der Waals surface area contributed by atoms with Crippen LogP contribution < -0.4 is 0 Å². The lowest BCUT2D eigenvalue weighted by Crippen LogP contribution is -2.23. The maximum absolute atomic E-state index is 10.2. The van der Waals surface area contributed by atoms with Crippen molar-refractivity contribution in [3.63, 3.8) is 0 Å². The van der Waals surface area contributed by atoms with Crippen molar-refractivity contribution in [1.82, 2.24) is 10.2 Å². The van der Waals surface area contributed by atoms with Crippen LogP contribution in [-0.2, 0) is 0 Å². The number of rotatable bonds is 5. The van der Waals surface area contributed by atoms with Crippen LogP contribution in [0.25, 0.3) is 12.2 Å². The molecule has 1 aromatic heterocycles. The summed E-state index contributed by atoms with van der Waals surface area (Å²) in [6.45, 7) is 3.77. The van der Waals surface area contributed by atoms with Crippen LogP contribution in [0.15, 0.2) is 56.9 Å². The molecule has 2 unspecified atom stereocenters. The fraction of sp³-hybridized carbons (Fsp3) is 0.263. The van der Waals surface area contributed by atoms with Crippen molar-refractivity contribution in [2.75, 3.05) is 0 Å². The SMILES string of the molecule is C=Cc1[nH]ncc1/C=C/N=C(C1=CC(I)C(O)C(I)=C1)C1=CCCC1. The van der Waals surface area contributed by atoms with E-state index in [0.717, 1.165) is 39.0 Å². The zero-order valence-electron chi connectivity index (χ0n) is 13.6. The first kappa shape index (κ1) is 18.8. The molecule has 0 aliphatic heterocycles. The Kier molecular flexibility index (Phi) is 6.45. The molecule has 0 fully saturated rings. The van der Waals surface area contributed by atoms with Gasteiger partial charge in [-0.05, 0) is 71.2 Å². The van der Waals surface area contributed by atoms with Gasteiger partial charge in [-0.15, -0.1) is 0 Å². The first-order valence-electron chi connectivity index (χ1n) is 8.11. The fourth-order valence-electron chi connectivity index (χ4n) is 2.87. The average Bonchev–Trinajstić information content (AvgIpc) is 3.27. The summed E-state index contributed by atoms with van der Waals surface area (Å²) in [5.74, 6) is 0. The van der Waals surface area contributed by atoms with Gasteiger partial charge in [-0.3, -0.25) is 10.1 Å². The lowest BCUT2D eigenvalue weighted by Gasteiger charge is -2.21. The lowest BCUT2D eigenvalue weighted by molar-refractivity contribution is 0.232. The molecule has 2 aliphatic rings. The number of H-pyrrole nitrogens is 1. The largest absolute Gasteiger partial charge is 0.387 e. The summed E-state index contributed by atoms with van der Waals surface area (Å²) in [6.07, 6.45) is 16.6. The third kappa shape index (κ3) is 4.40. The zero-order chi connectivity index (χ0) is 17.8. The van der Waals surface area contributed by atoms with Crippen LogP contribution in [0.4, 0.5) is 0 Å². The summed E-state index contributed by atoms with van der Waals surface area (Å²) in [7, 11) is 0. The quantitative estimate of drug-likeness (QED) is 0.303. The maximum Gasteiger partial charge on any atom is 0.0999 e. The Morgan fingerprint density at radius 1 is 1.48 bits per heavy atom. The van der Waals surface area contributed by atoms with Crippen molar-refractivity contribution in [3.8, 4) is 0 Å². The van der Waals surface area contributed by atoms with Crippen molar-refractivity contribution in [2.45, 2.75) is 29.3 Å². The van der Waals surface area contributed by atoms with Gasteiger partial charge in [-0.2, -0.15) is 5.10 Å². The molecular formula is C19H19I2N3O. The Labute approximate surface area is 174 Å². The molecule has 6 heteroatoms. The molecule has 0 amide bonds.